The lowest BCUT2D eigenvalue weighted by Crippen LogP contribution is -2.02. The van der Waals surface area contributed by atoms with Gasteiger partial charge >= 0.3 is 0 Å². The summed E-state index contributed by atoms with van der Waals surface area (Å²) in [5, 5.41) is 0. The Morgan fingerprint density at radius 1 is 1.36 bits per heavy atom. The number of allylic oxidation sites excluding steroid dienone is 1. The second-order valence-electron chi connectivity index (χ2n) is 3.98. The molecule has 2 atom stereocenters. The van der Waals surface area contributed by atoms with E-state index >= 15 is 0 Å². The van der Waals surface area contributed by atoms with Crippen molar-refractivity contribution in [3.8, 4) is 0 Å². The average Bonchev–Trinajstić information content (AvgIpc) is 3.00. The first-order chi connectivity index (χ1) is 6.68. The molecule has 0 spiro atoms. The molecule has 0 amide bonds. The van der Waals surface area contributed by atoms with Crippen molar-refractivity contribution in [2.75, 3.05) is 0 Å². The molecule has 72 valence electrons. The van der Waals surface area contributed by atoms with Gasteiger partial charge in [-0.05, 0) is 18.1 Å². The van der Waals surface area contributed by atoms with Gasteiger partial charge in [0, 0.05) is 12.1 Å². The van der Waals surface area contributed by atoms with Crippen LogP contribution in [-0.4, -0.2) is 12.3 Å². The summed E-state index contributed by atoms with van der Waals surface area (Å²) in [6.07, 6.45) is 2.01. The van der Waals surface area contributed by atoms with Crippen LogP contribution in [0.4, 0.5) is 0 Å². The fourth-order valence-corrected chi connectivity index (χ4v) is 1.58. The van der Waals surface area contributed by atoms with Gasteiger partial charge in [0.2, 0.25) is 0 Å². The zero-order valence-corrected chi connectivity index (χ0v) is 8.70. The Morgan fingerprint density at radius 3 is 2.36 bits per heavy atom. The second-order valence-corrected chi connectivity index (χ2v) is 3.98. The fraction of sp³-hybridized carbons (Fsp3) is 0.308. The Balaban J connectivity index is 2.16. The molecule has 1 heterocycles. The van der Waals surface area contributed by atoms with E-state index in [0.717, 1.165) is 5.57 Å². The van der Waals surface area contributed by atoms with Gasteiger partial charge in [-0.1, -0.05) is 43.3 Å². The predicted octanol–water partition coefficient (Wildman–Crippen LogP) is 3.28. The van der Waals surface area contributed by atoms with Gasteiger partial charge in [0.25, 0.3) is 0 Å². The van der Waals surface area contributed by atoms with E-state index < -0.39 is 0 Å². The van der Waals surface area contributed by atoms with E-state index in [0.29, 0.717) is 12.0 Å². The van der Waals surface area contributed by atoms with Crippen molar-refractivity contribution in [1.82, 2.24) is 0 Å². The van der Waals surface area contributed by atoms with Gasteiger partial charge in [0.1, 0.15) is 0 Å². The van der Waals surface area contributed by atoms with Crippen LogP contribution in [0, 0.1) is 0 Å². The van der Waals surface area contributed by atoms with Crippen molar-refractivity contribution in [1.29, 1.82) is 0 Å². The number of benzene rings is 1. The molecule has 0 N–H and O–H groups in total. The minimum Gasteiger partial charge on any atom is -0.286 e. The highest BCUT2D eigenvalue weighted by atomic mass is 14.9. The summed E-state index contributed by atoms with van der Waals surface area (Å²) >= 11 is 0. The zero-order chi connectivity index (χ0) is 10.1. The first-order valence-electron chi connectivity index (χ1n) is 4.97. The zero-order valence-electron chi connectivity index (χ0n) is 8.70. The average molecular weight is 185 g/mol. The number of hydrogen-bond acceptors (Lipinski definition) is 1. The number of nitrogens with zero attached hydrogens (tertiary/aromatic N) is 1. The molecule has 2 rings (SSSR count). The molecule has 0 aliphatic carbocycles. The summed E-state index contributed by atoms with van der Waals surface area (Å²) in [6, 6.07) is 9.07. The Morgan fingerprint density at radius 2 is 1.93 bits per heavy atom. The summed E-state index contributed by atoms with van der Waals surface area (Å²) in [7, 11) is 0. The molecule has 1 aromatic rings. The van der Waals surface area contributed by atoms with Gasteiger partial charge in [-0.2, -0.15) is 0 Å². The summed E-state index contributed by atoms with van der Waals surface area (Å²) in [5.41, 5.74) is 3.70. The maximum absolute atomic E-state index is 4.19. The van der Waals surface area contributed by atoms with Crippen LogP contribution >= 0.6 is 0 Å². The van der Waals surface area contributed by atoms with E-state index in [1.165, 1.54) is 11.1 Å². The van der Waals surface area contributed by atoms with Crippen molar-refractivity contribution < 1.29 is 0 Å². The third-order valence-electron chi connectivity index (χ3n) is 2.76. The highest BCUT2D eigenvalue weighted by Gasteiger charge is 2.22. The Bertz CT molecular complexity index is 367. The topological polar surface area (TPSA) is 12.4 Å². The smallest absolute Gasteiger partial charge is 0.0908 e. The quantitative estimate of drug-likeness (QED) is 0.685. The van der Waals surface area contributed by atoms with Crippen molar-refractivity contribution in [3.05, 3.63) is 42.0 Å². The van der Waals surface area contributed by atoms with Crippen LogP contribution < -0.4 is 0 Å². The monoisotopic (exact) mass is 185 g/mol. The minimum atomic E-state index is 0.450. The molecule has 0 bridgehead atoms. The van der Waals surface area contributed by atoms with Gasteiger partial charge in [-0.15, -0.1) is 0 Å². The first-order valence-corrected chi connectivity index (χ1v) is 4.97. The van der Waals surface area contributed by atoms with E-state index in [1.54, 1.807) is 0 Å². The van der Waals surface area contributed by atoms with Crippen LogP contribution in [0.5, 0.6) is 0 Å². The highest BCUT2D eigenvalue weighted by Crippen LogP contribution is 2.26. The molecule has 1 nitrogen and oxygen atoms in total. The largest absolute Gasteiger partial charge is 0.286 e. The molecule has 1 aliphatic rings. The number of aliphatic imine (C=N–C) groups is 1. The molecule has 1 aromatic carbocycles. The summed E-state index contributed by atoms with van der Waals surface area (Å²) in [6.45, 7) is 8.17. The van der Waals surface area contributed by atoms with Crippen LogP contribution in [0.2, 0.25) is 0 Å². The maximum Gasteiger partial charge on any atom is 0.0908 e. The van der Waals surface area contributed by atoms with Crippen LogP contribution in [0.15, 0.2) is 35.8 Å². The van der Waals surface area contributed by atoms with Gasteiger partial charge in [0.05, 0.1) is 6.04 Å². The number of hydrogen-bond donors (Lipinski definition) is 0. The van der Waals surface area contributed by atoms with Gasteiger partial charge in [-0.3, -0.25) is 4.99 Å². The third kappa shape index (κ3) is 1.77. The molecular formula is C13H15N. The molecule has 0 aromatic heterocycles. The standard InChI is InChI=1S/C13H15N/c1-9(2)11-4-6-12(7-5-11)10(3)13-8-14-13/h4-8,10,13H,1H2,2-3H3. The summed E-state index contributed by atoms with van der Waals surface area (Å²) in [5.74, 6) is 0.522. The van der Waals surface area contributed by atoms with Crippen molar-refractivity contribution in [2.45, 2.75) is 25.8 Å². The Kier molecular flexibility index (Phi) is 2.24. The van der Waals surface area contributed by atoms with Gasteiger partial charge in [-0.25, -0.2) is 0 Å². The van der Waals surface area contributed by atoms with Crippen LogP contribution in [0.1, 0.15) is 30.9 Å². The van der Waals surface area contributed by atoms with Crippen LogP contribution in [0.3, 0.4) is 0 Å². The predicted molar refractivity (Wildman–Crippen MR) is 61.8 cm³/mol. The van der Waals surface area contributed by atoms with E-state index in [2.05, 4.69) is 42.8 Å². The third-order valence-corrected chi connectivity index (χ3v) is 2.76. The van der Waals surface area contributed by atoms with Crippen LogP contribution in [0.25, 0.3) is 5.57 Å². The molecule has 14 heavy (non-hydrogen) atoms. The fourth-order valence-electron chi connectivity index (χ4n) is 1.58. The van der Waals surface area contributed by atoms with Crippen molar-refractivity contribution >= 4 is 11.8 Å². The van der Waals surface area contributed by atoms with E-state index in [1.807, 2.05) is 13.1 Å². The molecular weight excluding hydrogens is 170 g/mol. The lowest BCUT2D eigenvalue weighted by molar-refractivity contribution is 0.764. The minimum absolute atomic E-state index is 0.450. The van der Waals surface area contributed by atoms with Crippen molar-refractivity contribution in [2.24, 2.45) is 4.99 Å². The summed E-state index contributed by atoms with van der Waals surface area (Å²) < 4.78 is 0. The molecule has 0 fully saturated rings. The van der Waals surface area contributed by atoms with E-state index in [9.17, 15) is 0 Å². The van der Waals surface area contributed by atoms with Gasteiger partial charge < -0.3 is 0 Å². The second kappa shape index (κ2) is 3.41. The van der Waals surface area contributed by atoms with E-state index in [4.69, 9.17) is 0 Å². The lowest BCUT2D eigenvalue weighted by atomic mass is 9.95. The molecule has 2 unspecified atom stereocenters. The first kappa shape index (κ1) is 9.20. The summed E-state index contributed by atoms with van der Waals surface area (Å²) in [4.78, 5) is 4.19. The SMILES string of the molecule is C=C(C)c1ccc(C(C)C2C=N2)cc1. The lowest BCUT2D eigenvalue weighted by Gasteiger charge is -2.09. The van der Waals surface area contributed by atoms with E-state index in [-0.39, 0.29) is 0 Å². The highest BCUT2D eigenvalue weighted by molar-refractivity contribution is 5.79. The molecule has 1 aliphatic heterocycles. The Hall–Kier alpha value is -1.37. The molecule has 0 radical (unpaired) electrons. The molecule has 1 heteroatoms. The number of rotatable bonds is 3. The van der Waals surface area contributed by atoms with Crippen LogP contribution in [-0.2, 0) is 0 Å². The van der Waals surface area contributed by atoms with Crippen molar-refractivity contribution in [3.63, 3.8) is 0 Å². The van der Waals surface area contributed by atoms with Gasteiger partial charge in [0.15, 0.2) is 0 Å². The normalized spacial score (nSPS) is 20.6. The Labute approximate surface area is 85.2 Å². The molecule has 0 saturated carbocycles. The molecule has 0 saturated heterocycles. The maximum atomic E-state index is 4.19.